The van der Waals surface area contributed by atoms with Crippen LogP contribution in [0, 0.1) is 5.82 Å². The third-order valence-corrected chi connectivity index (χ3v) is 6.48. The van der Waals surface area contributed by atoms with Crippen molar-refractivity contribution in [3.8, 4) is 11.1 Å². The smallest absolute Gasteiger partial charge is 0.326 e. The molecule has 0 fully saturated rings. The number of carbonyl (C=O) groups excluding carboxylic acids is 2. The third-order valence-electron chi connectivity index (χ3n) is 5.66. The van der Waals surface area contributed by atoms with Gasteiger partial charge in [-0.15, -0.1) is 0 Å². The number of urea groups is 1. The summed E-state index contributed by atoms with van der Waals surface area (Å²) >= 11 is 12.1. The van der Waals surface area contributed by atoms with Crippen molar-refractivity contribution in [2.24, 2.45) is 0 Å². The van der Waals surface area contributed by atoms with Crippen LogP contribution in [-0.2, 0) is 11.2 Å². The lowest BCUT2D eigenvalue weighted by atomic mass is 10.0. The molecular weight excluding hydrogens is 546 g/mol. The van der Waals surface area contributed by atoms with E-state index in [0.717, 1.165) is 5.56 Å². The molecule has 4 rings (SSSR count). The number of carboxylic acid groups (broad SMARTS) is 1. The molecule has 1 unspecified atom stereocenters. The van der Waals surface area contributed by atoms with Crippen LogP contribution in [0.25, 0.3) is 11.1 Å². The lowest BCUT2D eigenvalue weighted by Gasteiger charge is -2.15. The number of carboxylic acids is 1. The first kappa shape index (κ1) is 27.6. The second-order valence-electron chi connectivity index (χ2n) is 8.35. The van der Waals surface area contributed by atoms with Crippen LogP contribution >= 0.6 is 23.2 Å². The van der Waals surface area contributed by atoms with Gasteiger partial charge in [-0.25, -0.2) is 14.0 Å². The molecular formula is C28H21Cl2FN4O4. The number of amides is 3. The van der Waals surface area contributed by atoms with E-state index in [1.165, 1.54) is 30.5 Å². The van der Waals surface area contributed by atoms with Crippen LogP contribution in [0.1, 0.15) is 16.1 Å². The summed E-state index contributed by atoms with van der Waals surface area (Å²) in [6.45, 7) is 0. The number of hydrogen-bond donors (Lipinski definition) is 4. The van der Waals surface area contributed by atoms with Gasteiger partial charge in [0.1, 0.15) is 17.6 Å². The first-order chi connectivity index (χ1) is 18.7. The van der Waals surface area contributed by atoms with Gasteiger partial charge >= 0.3 is 12.0 Å². The Morgan fingerprint density at radius 3 is 2.26 bits per heavy atom. The number of nitrogens with zero attached hydrogens (tertiary/aromatic N) is 1. The molecule has 1 aromatic heterocycles. The Morgan fingerprint density at radius 2 is 1.59 bits per heavy atom. The second-order valence-corrected chi connectivity index (χ2v) is 9.13. The molecule has 8 nitrogen and oxygen atoms in total. The Hall–Kier alpha value is -4.47. The van der Waals surface area contributed by atoms with Gasteiger partial charge in [0.05, 0.1) is 15.7 Å². The molecule has 4 N–H and O–H groups in total. The normalized spacial score (nSPS) is 11.4. The summed E-state index contributed by atoms with van der Waals surface area (Å²) in [6.07, 6.45) is 1.26. The molecule has 198 valence electrons. The van der Waals surface area contributed by atoms with E-state index in [-0.39, 0.29) is 22.7 Å². The van der Waals surface area contributed by atoms with E-state index in [1.807, 2.05) is 0 Å². The van der Waals surface area contributed by atoms with E-state index in [1.54, 1.807) is 54.6 Å². The van der Waals surface area contributed by atoms with Crippen molar-refractivity contribution in [3.05, 3.63) is 112 Å². The van der Waals surface area contributed by atoms with Crippen LogP contribution in [0.3, 0.4) is 0 Å². The minimum Gasteiger partial charge on any atom is -0.480 e. The molecule has 0 spiro atoms. The maximum Gasteiger partial charge on any atom is 0.326 e. The molecule has 1 atom stereocenters. The maximum atomic E-state index is 13.9. The van der Waals surface area contributed by atoms with E-state index in [9.17, 15) is 23.9 Å². The summed E-state index contributed by atoms with van der Waals surface area (Å²) in [5.41, 5.74) is 2.53. The number of rotatable bonds is 8. The van der Waals surface area contributed by atoms with Gasteiger partial charge in [0.15, 0.2) is 0 Å². The summed E-state index contributed by atoms with van der Waals surface area (Å²) < 4.78 is 13.9. The molecule has 3 amide bonds. The van der Waals surface area contributed by atoms with Gasteiger partial charge in [-0.2, -0.15) is 0 Å². The van der Waals surface area contributed by atoms with Gasteiger partial charge in [0.25, 0.3) is 5.91 Å². The molecule has 0 radical (unpaired) electrons. The Kier molecular flexibility index (Phi) is 8.75. The quantitative estimate of drug-likeness (QED) is 0.200. The molecule has 0 bridgehead atoms. The fraction of sp³-hybridized carbons (Fsp3) is 0.0714. The lowest BCUT2D eigenvalue weighted by molar-refractivity contribution is -0.139. The highest BCUT2D eigenvalue weighted by molar-refractivity contribution is 6.44. The van der Waals surface area contributed by atoms with Crippen LogP contribution in [-0.4, -0.2) is 34.0 Å². The van der Waals surface area contributed by atoms with E-state index >= 15 is 0 Å². The zero-order valence-corrected chi connectivity index (χ0v) is 21.6. The largest absolute Gasteiger partial charge is 0.480 e. The lowest BCUT2D eigenvalue weighted by Crippen LogP contribution is -2.42. The zero-order valence-electron chi connectivity index (χ0n) is 20.1. The fourth-order valence-corrected chi connectivity index (χ4v) is 3.99. The van der Waals surface area contributed by atoms with Crippen molar-refractivity contribution >= 4 is 52.5 Å². The summed E-state index contributed by atoms with van der Waals surface area (Å²) in [4.78, 5) is 40.7. The highest BCUT2D eigenvalue weighted by Crippen LogP contribution is 2.29. The summed E-state index contributed by atoms with van der Waals surface area (Å²) in [7, 11) is 0. The van der Waals surface area contributed by atoms with Crippen LogP contribution in [0.4, 0.5) is 20.6 Å². The summed E-state index contributed by atoms with van der Waals surface area (Å²) in [5.74, 6) is -2.54. The minimum absolute atomic E-state index is 0.00756. The summed E-state index contributed by atoms with van der Waals surface area (Å²) in [6, 6.07) is 18.9. The Bertz CT molecular complexity index is 1520. The number of anilines is 2. The number of halogens is 3. The highest BCUT2D eigenvalue weighted by Gasteiger charge is 2.23. The molecule has 4 aromatic rings. The number of nitrogens with one attached hydrogen (secondary N) is 3. The predicted molar refractivity (Wildman–Crippen MR) is 148 cm³/mol. The van der Waals surface area contributed by atoms with E-state index in [0.29, 0.717) is 22.0 Å². The van der Waals surface area contributed by atoms with Gasteiger partial charge in [0, 0.05) is 23.9 Å². The molecule has 1 heterocycles. The van der Waals surface area contributed by atoms with E-state index in [2.05, 4.69) is 20.9 Å². The molecule has 0 aliphatic rings. The Labute approximate surface area is 232 Å². The Morgan fingerprint density at radius 1 is 0.872 bits per heavy atom. The van der Waals surface area contributed by atoms with Crippen LogP contribution in [0.5, 0.6) is 0 Å². The van der Waals surface area contributed by atoms with Crippen molar-refractivity contribution in [3.63, 3.8) is 0 Å². The SMILES string of the molecule is O=C(Nc1ccc(-c2ccc(C(=O)NC(Cc3ccccc3F)C(=O)O)nc2)cc1)Nc1cccc(Cl)c1Cl. The number of aromatic nitrogens is 1. The Balaban J connectivity index is 1.37. The van der Waals surface area contributed by atoms with Crippen molar-refractivity contribution < 1.29 is 23.9 Å². The number of aliphatic carboxylic acids is 1. The maximum absolute atomic E-state index is 13.9. The molecule has 0 aliphatic heterocycles. The fourth-order valence-electron chi connectivity index (χ4n) is 3.65. The van der Waals surface area contributed by atoms with Crippen LogP contribution in [0.15, 0.2) is 85.1 Å². The highest BCUT2D eigenvalue weighted by atomic mass is 35.5. The number of carbonyl (C=O) groups is 3. The van der Waals surface area contributed by atoms with Gasteiger partial charge < -0.3 is 21.1 Å². The molecule has 0 saturated carbocycles. The molecule has 0 aliphatic carbocycles. The standard InChI is InChI=1S/C28H21Cl2FN4O4/c29-20-5-3-7-22(25(20)30)35-28(39)33-19-11-8-16(9-12-19)18-10-13-23(32-15-18)26(36)34-24(27(37)38)14-17-4-1-2-6-21(17)31/h1-13,15,24H,14H2,(H,34,36)(H,37,38)(H2,33,35,39). The number of benzene rings is 3. The van der Waals surface area contributed by atoms with Gasteiger partial charge in [-0.1, -0.05) is 65.7 Å². The van der Waals surface area contributed by atoms with Gasteiger partial charge in [-0.05, 0) is 47.5 Å². The molecule has 11 heteroatoms. The number of pyridine rings is 1. The molecule has 39 heavy (non-hydrogen) atoms. The van der Waals surface area contributed by atoms with Gasteiger partial charge in [0.2, 0.25) is 0 Å². The second kappa shape index (κ2) is 12.4. The number of hydrogen-bond acceptors (Lipinski definition) is 4. The topological polar surface area (TPSA) is 120 Å². The monoisotopic (exact) mass is 566 g/mol. The average molecular weight is 567 g/mol. The van der Waals surface area contributed by atoms with Crippen LogP contribution in [0.2, 0.25) is 10.0 Å². The third kappa shape index (κ3) is 7.10. The van der Waals surface area contributed by atoms with Crippen molar-refractivity contribution in [2.75, 3.05) is 10.6 Å². The first-order valence-electron chi connectivity index (χ1n) is 11.6. The van der Waals surface area contributed by atoms with Gasteiger partial charge in [-0.3, -0.25) is 9.78 Å². The first-order valence-corrected chi connectivity index (χ1v) is 12.3. The van der Waals surface area contributed by atoms with E-state index < -0.39 is 29.8 Å². The summed E-state index contributed by atoms with van der Waals surface area (Å²) in [5, 5.41) is 17.8. The van der Waals surface area contributed by atoms with Crippen molar-refractivity contribution in [1.29, 1.82) is 0 Å². The van der Waals surface area contributed by atoms with Crippen LogP contribution < -0.4 is 16.0 Å². The molecule has 0 saturated heterocycles. The minimum atomic E-state index is -1.33. The average Bonchev–Trinajstić information content (AvgIpc) is 2.92. The predicted octanol–water partition coefficient (Wildman–Crippen LogP) is 6.26. The van der Waals surface area contributed by atoms with E-state index in [4.69, 9.17) is 23.2 Å². The van der Waals surface area contributed by atoms with Crippen molar-refractivity contribution in [1.82, 2.24) is 10.3 Å². The molecule has 3 aromatic carbocycles. The van der Waals surface area contributed by atoms with Crippen molar-refractivity contribution in [2.45, 2.75) is 12.5 Å². The zero-order chi connectivity index (χ0) is 27.9.